The maximum absolute atomic E-state index is 12.2. The van der Waals surface area contributed by atoms with Crippen molar-refractivity contribution >= 4 is 22.2 Å². The van der Waals surface area contributed by atoms with Gasteiger partial charge in [0.05, 0.1) is 5.00 Å². The Kier molecular flexibility index (Phi) is 3.64. The predicted octanol–water partition coefficient (Wildman–Crippen LogP) is 3.60. The molecule has 1 aromatic heterocycles. The van der Waals surface area contributed by atoms with Crippen LogP contribution in [-0.4, -0.2) is 12.5 Å². The Balaban J connectivity index is 2.09. The van der Waals surface area contributed by atoms with Crippen molar-refractivity contribution in [3.05, 3.63) is 17.0 Å². The van der Waals surface area contributed by atoms with Crippen LogP contribution in [0.4, 0.5) is 5.00 Å². The van der Waals surface area contributed by atoms with Gasteiger partial charge in [-0.25, -0.2) is 0 Å². The molecule has 0 aliphatic heterocycles. The molecule has 1 amide bonds. The number of hydrogen-bond donors (Lipinski definition) is 0. The molecule has 0 spiro atoms. The largest absolute Gasteiger partial charge is 0.304 e. The molecule has 3 heteroatoms. The minimum Gasteiger partial charge on any atom is -0.304 e. The van der Waals surface area contributed by atoms with Crippen molar-refractivity contribution in [2.75, 3.05) is 11.4 Å². The highest BCUT2D eigenvalue weighted by Gasteiger charge is 2.34. The van der Waals surface area contributed by atoms with Crippen LogP contribution >= 0.6 is 11.3 Å². The molecule has 1 aliphatic carbocycles. The second kappa shape index (κ2) is 5.00. The Morgan fingerprint density at radius 3 is 2.75 bits per heavy atom. The van der Waals surface area contributed by atoms with Crippen molar-refractivity contribution in [1.82, 2.24) is 0 Å². The van der Waals surface area contributed by atoms with Crippen LogP contribution in [0.15, 0.2) is 12.1 Å². The van der Waals surface area contributed by atoms with Gasteiger partial charge in [-0.3, -0.25) is 4.79 Å². The van der Waals surface area contributed by atoms with E-state index in [0.29, 0.717) is 11.8 Å². The van der Waals surface area contributed by atoms with Gasteiger partial charge in [-0.1, -0.05) is 13.3 Å². The summed E-state index contributed by atoms with van der Waals surface area (Å²) in [6.07, 6.45) is 4.41. The first kappa shape index (κ1) is 11.6. The normalized spacial score (nSPS) is 15.1. The van der Waals surface area contributed by atoms with Crippen molar-refractivity contribution in [2.24, 2.45) is 5.92 Å². The lowest BCUT2D eigenvalue weighted by molar-refractivity contribution is -0.119. The molecular weight excluding hydrogens is 218 g/mol. The van der Waals surface area contributed by atoms with Crippen LogP contribution in [0.5, 0.6) is 0 Å². The standard InChI is InChI=1S/C13H19NOS/c1-3-4-9-14(13(15)11-6-7-11)12-8-5-10(2)16-12/h5,8,11H,3-4,6-7,9H2,1-2H3. The van der Waals surface area contributed by atoms with Crippen LogP contribution in [-0.2, 0) is 4.79 Å². The smallest absolute Gasteiger partial charge is 0.230 e. The number of carbonyl (C=O) groups is 1. The second-order valence-electron chi connectivity index (χ2n) is 4.50. The van der Waals surface area contributed by atoms with Crippen molar-refractivity contribution in [1.29, 1.82) is 0 Å². The van der Waals surface area contributed by atoms with Gasteiger partial charge in [-0.05, 0) is 38.3 Å². The predicted molar refractivity (Wildman–Crippen MR) is 69.0 cm³/mol. The average Bonchev–Trinajstić information content (AvgIpc) is 3.03. The van der Waals surface area contributed by atoms with E-state index in [1.54, 1.807) is 11.3 Å². The van der Waals surface area contributed by atoms with Gasteiger partial charge in [-0.2, -0.15) is 0 Å². The van der Waals surface area contributed by atoms with Crippen LogP contribution in [0.1, 0.15) is 37.5 Å². The lowest BCUT2D eigenvalue weighted by Crippen LogP contribution is -2.32. The number of hydrogen-bond acceptors (Lipinski definition) is 2. The molecule has 1 saturated carbocycles. The van der Waals surface area contributed by atoms with Crippen molar-refractivity contribution < 1.29 is 4.79 Å². The summed E-state index contributed by atoms with van der Waals surface area (Å²) in [4.78, 5) is 15.4. The van der Waals surface area contributed by atoms with Crippen LogP contribution in [0.3, 0.4) is 0 Å². The van der Waals surface area contributed by atoms with E-state index < -0.39 is 0 Å². The number of carbonyl (C=O) groups excluding carboxylic acids is 1. The fourth-order valence-corrected chi connectivity index (χ4v) is 2.66. The van der Waals surface area contributed by atoms with E-state index in [0.717, 1.165) is 37.2 Å². The molecule has 0 unspecified atom stereocenters. The number of nitrogens with zero attached hydrogens (tertiary/aromatic N) is 1. The van der Waals surface area contributed by atoms with Gasteiger partial charge in [-0.15, -0.1) is 11.3 Å². The molecule has 1 aromatic rings. The summed E-state index contributed by atoms with van der Waals surface area (Å²) in [5.74, 6) is 0.662. The zero-order valence-corrected chi connectivity index (χ0v) is 10.8. The molecular formula is C13H19NOS. The van der Waals surface area contributed by atoms with Gasteiger partial charge in [0, 0.05) is 17.3 Å². The van der Waals surface area contributed by atoms with Crippen LogP contribution in [0, 0.1) is 12.8 Å². The molecule has 88 valence electrons. The molecule has 0 N–H and O–H groups in total. The van der Waals surface area contributed by atoms with Crippen molar-refractivity contribution in [3.8, 4) is 0 Å². The molecule has 0 saturated heterocycles. The molecule has 1 fully saturated rings. The summed E-state index contributed by atoms with van der Waals surface area (Å²) >= 11 is 1.72. The SMILES string of the molecule is CCCCN(C(=O)C1CC1)c1ccc(C)s1. The zero-order chi connectivity index (χ0) is 11.5. The van der Waals surface area contributed by atoms with E-state index in [2.05, 4.69) is 26.0 Å². The maximum Gasteiger partial charge on any atom is 0.230 e. The van der Waals surface area contributed by atoms with E-state index in [9.17, 15) is 4.79 Å². The molecule has 1 aliphatic rings. The Bertz CT molecular complexity index is 368. The average molecular weight is 237 g/mol. The Labute approximate surface area is 101 Å². The third kappa shape index (κ3) is 2.64. The number of aryl methyl sites for hydroxylation is 1. The fourth-order valence-electron chi connectivity index (χ4n) is 1.76. The molecule has 2 nitrogen and oxygen atoms in total. The highest BCUT2D eigenvalue weighted by atomic mass is 32.1. The van der Waals surface area contributed by atoms with E-state index in [4.69, 9.17) is 0 Å². The van der Waals surface area contributed by atoms with Crippen LogP contribution in [0.2, 0.25) is 0 Å². The number of rotatable bonds is 5. The monoisotopic (exact) mass is 237 g/mol. The topological polar surface area (TPSA) is 20.3 Å². The van der Waals surface area contributed by atoms with Crippen molar-refractivity contribution in [3.63, 3.8) is 0 Å². The number of unbranched alkanes of at least 4 members (excludes halogenated alkanes) is 1. The van der Waals surface area contributed by atoms with E-state index in [1.165, 1.54) is 4.88 Å². The van der Waals surface area contributed by atoms with Gasteiger partial charge < -0.3 is 4.90 Å². The summed E-state index contributed by atoms with van der Waals surface area (Å²) in [7, 11) is 0. The lowest BCUT2D eigenvalue weighted by Gasteiger charge is -2.20. The summed E-state index contributed by atoms with van der Waals surface area (Å²) in [6, 6.07) is 4.18. The number of thiophene rings is 1. The van der Waals surface area contributed by atoms with E-state index in [-0.39, 0.29) is 0 Å². The molecule has 0 atom stereocenters. The van der Waals surface area contributed by atoms with Crippen LogP contribution in [0.25, 0.3) is 0 Å². The summed E-state index contributed by atoms with van der Waals surface area (Å²) in [5.41, 5.74) is 0. The number of amides is 1. The first-order chi connectivity index (χ1) is 7.72. The first-order valence-electron chi connectivity index (χ1n) is 6.10. The zero-order valence-electron chi connectivity index (χ0n) is 10.0. The van der Waals surface area contributed by atoms with Gasteiger partial charge in [0.15, 0.2) is 0 Å². The van der Waals surface area contributed by atoms with Gasteiger partial charge >= 0.3 is 0 Å². The van der Waals surface area contributed by atoms with Gasteiger partial charge in [0.1, 0.15) is 0 Å². The van der Waals surface area contributed by atoms with E-state index in [1.807, 2.05) is 4.90 Å². The lowest BCUT2D eigenvalue weighted by atomic mass is 10.3. The quantitative estimate of drug-likeness (QED) is 0.766. The summed E-state index contributed by atoms with van der Waals surface area (Å²) in [5, 5.41) is 1.13. The molecule has 0 aromatic carbocycles. The van der Waals surface area contributed by atoms with Gasteiger partial charge in [0.25, 0.3) is 0 Å². The minimum absolute atomic E-state index is 0.319. The Hall–Kier alpha value is -0.830. The molecule has 1 heterocycles. The highest BCUT2D eigenvalue weighted by Crippen LogP contribution is 2.35. The molecule has 2 rings (SSSR count). The Morgan fingerprint density at radius 2 is 2.25 bits per heavy atom. The minimum atomic E-state index is 0.319. The summed E-state index contributed by atoms with van der Waals surface area (Å²) < 4.78 is 0. The first-order valence-corrected chi connectivity index (χ1v) is 6.92. The molecule has 0 radical (unpaired) electrons. The molecule has 0 bridgehead atoms. The maximum atomic E-state index is 12.2. The van der Waals surface area contributed by atoms with Crippen LogP contribution < -0.4 is 4.90 Å². The Morgan fingerprint density at radius 1 is 1.50 bits per heavy atom. The second-order valence-corrected chi connectivity index (χ2v) is 5.77. The van der Waals surface area contributed by atoms with E-state index >= 15 is 0 Å². The van der Waals surface area contributed by atoms with Crippen molar-refractivity contribution in [2.45, 2.75) is 39.5 Å². The third-order valence-corrected chi connectivity index (χ3v) is 3.94. The fraction of sp³-hybridized carbons (Fsp3) is 0.615. The number of anilines is 1. The summed E-state index contributed by atoms with van der Waals surface area (Å²) in [6.45, 7) is 5.14. The highest BCUT2D eigenvalue weighted by molar-refractivity contribution is 7.16. The third-order valence-electron chi connectivity index (χ3n) is 2.92. The molecule has 16 heavy (non-hydrogen) atoms. The van der Waals surface area contributed by atoms with Gasteiger partial charge in [0.2, 0.25) is 5.91 Å².